The Morgan fingerprint density at radius 3 is 2.31 bits per heavy atom. The zero-order valence-corrected chi connectivity index (χ0v) is 22.3. The summed E-state index contributed by atoms with van der Waals surface area (Å²) in [6.07, 6.45) is 4.63. The Hall–Kier alpha value is -2.00. The molecule has 2 N–H and O–H groups in total. The highest BCUT2D eigenvalue weighted by Gasteiger charge is 2.53. The lowest BCUT2D eigenvalue weighted by Crippen LogP contribution is -2.41. The number of amides is 2. The van der Waals surface area contributed by atoms with Crippen molar-refractivity contribution in [2.75, 3.05) is 18.5 Å². The van der Waals surface area contributed by atoms with E-state index in [1.807, 2.05) is 11.9 Å². The number of nitrogens with one attached hydrogen (secondary N) is 2. The van der Waals surface area contributed by atoms with Gasteiger partial charge in [-0.05, 0) is 94.3 Å². The number of rotatable bonds is 5. The molecule has 2 aliphatic heterocycles. The van der Waals surface area contributed by atoms with Crippen molar-refractivity contribution in [3.8, 4) is 0 Å². The Kier molecular flexibility index (Phi) is 6.45. The predicted octanol–water partition coefficient (Wildman–Crippen LogP) is 4.75. The van der Waals surface area contributed by atoms with Crippen LogP contribution in [0, 0.1) is 0 Å². The summed E-state index contributed by atoms with van der Waals surface area (Å²) in [4.78, 5) is 16.4. The first-order valence-corrected chi connectivity index (χ1v) is 13.4. The van der Waals surface area contributed by atoms with E-state index in [0.29, 0.717) is 6.54 Å². The van der Waals surface area contributed by atoms with Crippen molar-refractivity contribution in [1.82, 2.24) is 10.0 Å². The van der Waals surface area contributed by atoms with E-state index in [2.05, 4.69) is 80.2 Å². The second-order valence-electron chi connectivity index (χ2n) is 11.0. The van der Waals surface area contributed by atoms with Crippen LogP contribution in [0.2, 0.25) is 0 Å². The van der Waals surface area contributed by atoms with Gasteiger partial charge in [0.15, 0.2) is 0 Å². The Labute approximate surface area is 213 Å². The standard InChI is InChI=1S/C27H36BN3O3S/c1-25(2)26(3,4)34-28(33-25)20-10-13-23-22(16-20)27(14-6-7-15-27)18-31(23)24(32)30-17-19-8-11-21(12-9-19)35-29-5/h8-13,16,29H,6-7,14-15,17-18H2,1-5H3,(H,30,32). The molecule has 35 heavy (non-hydrogen) atoms. The molecular weight excluding hydrogens is 457 g/mol. The zero-order valence-electron chi connectivity index (χ0n) is 21.4. The van der Waals surface area contributed by atoms with E-state index in [-0.39, 0.29) is 22.6 Å². The van der Waals surface area contributed by atoms with Gasteiger partial charge in [-0.25, -0.2) is 4.79 Å². The third kappa shape index (κ3) is 4.50. The molecule has 1 aliphatic carbocycles. The monoisotopic (exact) mass is 493 g/mol. The number of fused-ring (bicyclic) bond motifs is 2. The molecule has 0 radical (unpaired) electrons. The normalized spacial score (nSPS) is 21.5. The molecule has 2 fully saturated rings. The highest BCUT2D eigenvalue weighted by molar-refractivity contribution is 7.97. The van der Waals surface area contributed by atoms with Gasteiger partial charge in [0.1, 0.15) is 0 Å². The van der Waals surface area contributed by atoms with E-state index >= 15 is 0 Å². The van der Waals surface area contributed by atoms with Crippen molar-refractivity contribution in [2.24, 2.45) is 0 Å². The number of carbonyl (C=O) groups is 1. The molecule has 1 saturated heterocycles. The van der Waals surface area contributed by atoms with E-state index in [0.717, 1.165) is 41.0 Å². The number of anilines is 1. The molecule has 5 rings (SSSR count). The van der Waals surface area contributed by atoms with Crippen LogP contribution in [0.3, 0.4) is 0 Å². The molecule has 1 saturated carbocycles. The molecule has 2 amide bonds. The summed E-state index contributed by atoms with van der Waals surface area (Å²) in [5, 5.41) is 3.15. The van der Waals surface area contributed by atoms with Crippen LogP contribution in [0.25, 0.3) is 0 Å². The van der Waals surface area contributed by atoms with Crippen LogP contribution in [0.15, 0.2) is 47.4 Å². The molecule has 3 aliphatic rings. The Morgan fingerprint density at radius 2 is 1.69 bits per heavy atom. The Bertz CT molecular complexity index is 1080. The molecule has 0 unspecified atom stereocenters. The Morgan fingerprint density at radius 1 is 1.03 bits per heavy atom. The largest absolute Gasteiger partial charge is 0.494 e. The number of nitrogens with zero attached hydrogens (tertiary/aromatic N) is 1. The maximum Gasteiger partial charge on any atom is 0.494 e. The molecule has 2 heterocycles. The average molecular weight is 493 g/mol. The van der Waals surface area contributed by atoms with Crippen LogP contribution in [-0.4, -0.2) is 37.9 Å². The minimum atomic E-state index is -0.393. The second-order valence-corrected chi connectivity index (χ2v) is 12.1. The van der Waals surface area contributed by atoms with Gasteiger partial charge < -0.3 is 14.6 Å². The van der Waals surface area contributed by atoms with Crippen molar-refractivity contribution >= 4 is 36.2 Å². The minimum Gasteiger partial charge on any atom is -0.399 e. The van der Waals surface area contributed by atoms with Crippen LogP contribution < -0.4 is 20.4 Å². The van der Waals surface area contributed by atoms with Gasteiger partial charge in [-0.3, -0.25) is 9.62 Å². The van der Waals surface area contributed by atoms with E-state index in [1.165, 1.54) is 18.4 Å². The topological polar surface area (TPSA) is 62.8 Å². The molecule has 0 aromatic heterocycles. The van der Waals surface area contributed by atoms with Crippen LogP contribution in [0.4, 0.5) is 10.5 Å². The van der Waals surface area contributed by atoms with Gasteiger partial charge in [0, 0.05) is 29.1 Å². The SMILES string of the molecule is CNSc1ccc(CNC(=O)N2CC3(CCCC3)c3cc(B4OC(C)(C)C(C)(C)O4)ccc32)cc1. The second kappa shape index (κ2) is 9.14. The van der Waals surface area contributed by atoms with E-state index < -0.39 is 7.12 Å². The van der Waals surface area contributed by atoms with Crippen LogP contribution >= 0.6 is 11.9 Å². The third-order valence-electron chi connectivity index (χ3n) is 8.26. The van der Waals surface area contributed by atoms with Gasteiger partial charge in [0.2, 0.25) is 0 Å². The van der Waals surface area contributed by atoms with Crippen LogP contribution in [0.1, 0.15) is 64.5 Å². The fraction of sp³-hybridized carbons (Fsp3) is 0.519. The van der Waals surface area contributed by atoms with Crippen molar-refractivity contribution in [2.45, 2.75) is 81.4 Å². The fourth-order valence-electron chi connectivity index (χ4n) is 5.54. The van der Waals surface area contributed by atoms with E-state index in [9.17, 15) is 4.79 Å². The van der Waals surface area contributed by atoms with E-state index in [4.69, 9.17) is 9.31 Å². The molecule has 8 heteroatoms. The maximum atomic E-state index is 13.4. The average Bonchev–Trinajstić information content (AvgIpc) is 3.48. The molecule has 2 aromatic carbocycles. The van der Waals surface area contributed by atoms with Crippen molar-refractivity contribution in [3.05, 3.63) is 53.6 Å². The zero-order chi connectivity index (χ0) is 24.8. The lowest BCUT2D eigenvalue weighted by atomic mass is 9.74. The van der Waals surface area contributed by atoms with Crippen LogP contribution in [0.5, 0.6) is 0 Å². The van der Waals surface area contributed by atoms with Gasteiger partial charge in [0.05, 0.1) is 11.2 Å². The number of carbonyl (C=O) groups excluding carboxylic acids is 1. The summed E-state index contributed by atoms with van der Waals surface area (Å²) in [6.45, 7) is 9.57. The highest BCUT2D eigenvalue weighted by atomic mass is 32.2. The first-order valence-electron chi connectivity index (χ1n) is 12.6. The summed E-state index contributed by atoms with van der Waals surface area (Å²) in [5.74, 6) is 0. The quantitative estimate of drug-likeness (QED) is 0.465. The number of hydrogen-bond acceptors (Lipinski definition) is 5. The molecule has 0 atom stereocenters. The highest BCUT2D eigenvalue weighted by Crippen LogP contribution is 2.50. The fourth-order valence-corrected chi connectivity index (χ4v) is 6.05. The summed E-state index contributed by atoms with van der Waals surface area (Å²) in [5.41, 5.74) is 3.68. The Balaban J connectivity index is 1.36. The van der Waals surface area contributed by atoms with Crippen LogP contribution in [-0.2, 0) is 21.3 Å². The molecule has 1 spiro atoms. The smallest absolute Gasteiger partial charge is 0.399 e. The molecule has 0 bridgehead atoms. The number of benzene rings is 2. The first-order chi connectivity index (χ1) is 16.6. The van der Waals surface area contributed by atoms with Gasteiger partial charge >= 0.3 is 13.1 Å². The third-order valence-corrected chi connectivity index (χ3v) is 8.97. The van der Waals surface area contributed by atoms with E-state index in [1.54, 1.807) is 11.9 Å². The number of urea groups is 1. The summed E-state index contributed by atoms with van der Waals surface area (Å²) in [6, 6.07) is 14.6. The van der Waals surface area contributed by atoms with Crippen molar-refractivity contribution < 1.29 is 14.1 Å². The summed E-state index contributed by atoms with van der Waals surface area (Å²) in [7, 11) is 1.51. The number of hydrogen-bond donors (Lipinski definition) is 2. The van der Waals surface area contributed by atoms with Crippen molar-refractivity contribution in [3.63, 3.8) is 0 Å². The molecule has 2 aromatic rings. The van der Waals surface area contributed by atoms with Gasteiger partial charge in [-0.2, -0.15) is 0 Å². The van der Waals surface area contributed by atoms with Gasteiger partial charge in [-0.1, -0.05) is 37.1 Å². The minimum absolute atomic E-state index is 0.0261. The summed E-state index contributed by atoms with van der Waals surface area (Å²) < 4.78 is 15.7. The van der Waals surface area contributed by atoms with Gasteiger partial charge in [0.25, 0.3) is 0 Å². The first kappa shape index (κ1) is 24.7. The predicted molar refractivity (Wildman–Crippen MR) is 143 cm³/mol. The maximum absolute atomic E-state index is 13.4. The molecule has 6 nitrogen and oxygen atoms in total. The lowest BCUT2D eigenvalue weighted by Gasteiger charge is -2.32. The van der Waals surface area contributed by atoms with Gasteiger partial charge in [-0.15, -0.1) is 0 Å². The lowest BCUT2D eigenvalue weighted by molar-refractivity contribution is 0.00578. The molecular formula is C27H36BN3O3S. The van der Waals surface area contributed by atoms with Crippen molar-refractivity contribution in [1.29, 1.82) is 0 Å². The summed E-state index contributed by atoms with van der Waals surface area (Å²) >= 11 is 1.58. The molecule has 186 valence electrons.